The number of carbonyl (C=O) groups is 1. The minimum Gasteiger partial charge on any atom is -0.357 e. The van der Waals surface area contributed by atoms with Crippen LogP contribution < -0.4 is 0 Å². The molecule has 0 amide bonds. The molecule has 2 aromatic carbocycles. The predicted octanol–water partition coefficient (Wildman–Crippen LogP) is 4.94. The third-order valence-corrected chi connectivity index (χ3v) is 3.81. The van der Waals surface area contributed by atoms with Crippen LogP contribution in [0, 0.1) is 0 Å². The topological polar surface area (TPSA) is 32.9 Å². The molecule has 0 saturated carbocycles. The van der Waals surface area contributed by atoms with E-state index < -0.39 is 0 Å². The average molecular weight is 277 g/mol. The lowest BCUT2D eigenvalue weighted by Crippen LogP contribution is -2.13. The van der Waals surface area contributed by atoms with Gasteiger partial charge < -0.3 is 4.98 Å². The van der Waals surface area contributed by atoms with E-state index in [0.29, 0.717) is 0 Å². The Hall–Kier alpha value is -2.35. The number of aromatic nitrogens is 1. The lowest BCUT2D eigenvalue weighted by atomic mass is 9.89. The number of carbonyl (C=O) groups excluding carboxylic acids is 1. The molecule has 1 N–H and O–H groups in total. The van der Waals surface area contributed by atoms with Crippen LogP contribution in [-0.4, -0.2) is 11.3 Å². The number of benzene rings is 2. The second kappa shape index (κ2) is 4.88. The first-order chi connectivity index (χ1) is 10.0. The third kappa shape index (κ3) is 2.38. The first-order valence-electron chi connectivity index (χ1n) is 7.17. The van der Waals surface area contributed by atoms with Gasteiger partial charge in [-0.25, -0.2) is 0 Å². The minimum absolute atomic E-state index is 0.0812. The summed E-state index contributed by atoms with van der Waals surface area (Å²) in [6.07, 6.45) is 0.966. The van der Waals surface area contributed by atoms with E-state index >= 15 is 0 Å². The number of rotatable bonds is 2. The zero-order valence-corrected chi connectivity index (χ0v) is 12.6. The Morgan fingerprint density at radius 3 is 2.29 bits per heavy atom. The summed E-state index contributed by atoms with van der Waals surface area (Å²) in [6.45, 7) is 6.34. The normalized spacial score (nSPS) is 11.8. The lowest BCUT2D eigenvalue weighted by molar-refractivity contribution is 0.112. The van der Waals surface area contributed by atoms with E-state index in [9.17, 15) is 4.79 Å². The Kier molecular flexibility index (Phi) is 3.17. The molecule has 0 aliphatic carbocycles. The van der Waals surface area contributed by atoms with E-state index in [1.165, 1.54) is 0 Å². The number of hydrogen-bond donors (Lipinski definition) is 1. The molecule has 0 bridgehead atoms. The number of H-pyrrole nitrogens is 1. The summed E-state index contributed by atoms with van der Waals surface area (Å²) >= 11 is 0. The van der Waals surface area contributed by atoms with E-state index in [0.717, 1.165) is 39.6 Å². The first-order valence-corrected chi connectivity index (χ1v) is 7.17. The second-order valence-corrected chi connectivity index (χ2v) is 6.41. The van der Waals surface area contributed by atoms with Crippen LogP contribution in [0.2, 0.25) is 0 Å². The van der Waals surface area contributed by atoms with Crippen molar-refractivity contribution in [1.29, 1.82) is 0 Å². The lowest BCUT2D eigenvalue weighted by Gasteiger charge is -2.17. The molecule has 0 fully saturated rings. The minimum atomic E-state index is -0.0812. The molecule has 106 valence electrons. The quantitative estimate of drug-likeness (QED) is 0.661. The van der Waals surface area contributed by atoms with Gasteiger partial charge in [-0.15, -0.1) is 0 Å². The van der Waals surface area contributed by atoms with Crippen molar-refractivity contribution in [2.75, 3.05) is 0 Å². The fourth-order valence-corrected chi connectivity index (χ4v) is 2.74. The molecular formula is C19H19NO. The van der Waals surface area contributed by atoms with Crippen molar-refractivity contribution in [3.05, 3.63) is 59.8 Å². The van der Waals surface area contributed by atoms with Gasteiger partial charge in [0.05, 0.1) is 0 Å². The third-order valence-electron chi connectivity index (χ3n) is 3.81. The van der Waals surface area contributed by atoms with E-state index in [1.54, 1.807) is 0 Å². The van der Waals surface area contributed by atoms with Crippen molar-refractivity contribution in [3.63, 3.8) is 0 Å². The standard InChI is InChI=1S/C19H19NO/c1-19(2,3)18-16(12-21)15-11-14(9-10-17(15)20-18)13-7-5-4-6-8-13/h4-12,20H,1-3H3. The predicted molar refractivity (Wildman–Crippen MR) is 87.8 cm³/mol. The highest BCUT2D eigenvalue weighted by Crippen LogP contribution is 2.32. The molecule has 1 aromatic heterocycles. The number of aromatic amines is 1. The van der Waals surface area contributed by atoms with Gasteiger partial charge in [-0.1, -0.05) is 57.2 Å². The highest BCUT2D eigenvalue weighted by molar-refractivity contribution is 6.01. The summed E-state index contributed by atoms with van der Waals surface area (Å²) in [5.74, 6) is 0. The highest BCUT2D eigenvalue weighted by Gasteiger charge is 2.22. The zero-order valence-electron chi connectivity index (χ0n) is 12.6. The van der Waals surface area contributed by atoms with Crippen molar-refractivity contribution in [3.8, 4) is 11.1 Å². The Balaban J connectivity index is 2.24. The Bertz CT molecular complexity index is 792. The van der Waals surface area contributed by atoms with E-state index in [1.807, 2.05) is 18.2 Å². The summed E-state index contributed by atoms with van der Waals surface area (Å²) in [4.78, 5) is 15.0. The summed E-state index contributed by atoms with van der Waals surface area (Å²) < 4.78 is 0. The van der Waals surface area contributed by atoms with Gasteiger partial charge in [-0.3, -0.25) is 4.79 Å². The largest absolute Gasteiger partial charge is 0.357 e. The molecule has 21 heavy (non-hydrogen) atoms. The molecule has 2 heteroatoms. The summed E-state index contributed by atoms with van der Waals surface area (Å²) in [5, 5.41) is 0.997. The maximum atomic E-state index is 11.6. The maximum absolute atomic E-state index is 11.6. The van der Waals surface area contributed by atoms with Gasteiger partial charge in [0, 0.05) is 27.6 Å². The Morgan fingerprint density at radius 2 is 1.67 bits per heavy atom. The van der Waals surface area contributed by atoms with Crippen LogP contribution >= 0.6 is 0 Å². The number of hydrogen-bond acceptors (Lipinski definition) is 1. The van der Waals surface area contributed by atoms with Gasteiger partial charge >= 0.3 is 0 Å². The molecule has 0 aliphatic rings. The van der Waals surface area contributed by atoms with Crippen molar-refractivity contribution >= 4 is 17.2 Å². The molecule has 0 atom stereocenters. The Morgan fingerprint density at radius 1 is 0.952 bits per heavy atom. The zero-order chi connectivity index (χ0) is 15.0. The molecule has 0 unspecified atom stereocenters. The molecule has 3 rings (SSSR count). The molecule has 3 aromatic rings. The van der Waals surface area contributed by atoms with Crippen LogP contribution in [0.1, 0.15) is 36.8 Å². The monoisotopic (exact) mass is 277 g/mol. The highest BCUT2D eigenvalue weighted by atomic mass is 16.1. The van der Waals surface area contributed by atoms with Gasteiger partial charge in [0.1, 0.15) is 0 Å². The number of fused-ring (bicyclic) bond motifs is 1. The van der Waals surface area contributed by atoms with Crippen LogP contribution in [0.4, 0.5) is 0 Å². The van der Waals surface area contributed by atoms with E-state index in [2.05, 4.69) is 56.1 Å². The van der Waals surface area contributed by atoms with Crippen LogP contribution in [0.3, 0.4) is 0 Å². The molecule has 1 heterocycles. The van der Waals surface area contributed by atoms with Crippen molar-refractivity contribution < 1.29 is 4.79 Å². The van der Waals surface area contributed by atoms with Crippen LogP contribution in [-0.2, 0) is 5.41 Å². The molecule has 0 spiro atoms. The van der Waals surface area contributed by atoms with Gasteiger partial charge in [-0.2, -0.15) is 0 Å². The van der Waals surface area contributed by atoms with Crippen LogP contribution in [0.5, 0.6) is 0 Å². The first kappa shape index (κ1) is 13.6. The van der Waals surface area contributed by atoms with Gasteiger partial charge in [0.25, 0.3) is 0 Å². The molecule has 0 saturated heterocycles. The van der Waals surface area contributed by atoms with Crippen LogP contribution in [0.15, 0.2) is 48.5 Å². The van der Waals surface area contributed by atoms with Crippen LogP contribution in [0.25, 0.3) is 22.0 Å². The van der Waals surface area contributed by atoms with Crippen molar-refractivity contribution in [2.24, 2.45) is 0 Å². The van der Waals surface area contributed by atoms with Gasteiger partial charge in [0.15, 0.2) is 6.29 Å². The molecule has 0 aliphatic heterocycles. The Labute approximate surface area is 124 Å². The summed E-state index contributed by atoms with van der Waals surface area (Å²) in [6, 6.07) is 16.5. The van der Waals surface area contributed by atoms with Crippen molar-refractivity contribution in [1.82, 2.24) is 4.98 Å². The fourth-order valence-electron chi connectivity index (χ4n) is 2.74. The SMILES string of the molecule is CC(C)(C)c1[nH]c2ccc(-c3ccccc3)cc2c1C=O. The smallest absolute Gasteiger partial charge is 0.152 e. The van der Waals surface area contributed by atoms with Crippen molar-refractivity contribution in [2.45, 2.75) is 26.2 Å². The molecular weight excluding hydrogens is 258 g/mol. The van der Waals surface area contributed by atoms with E-state index in [4.69, 9.17) is 0 Å². The summed E-state index contributed by atoms with van der Waals surface area (Å²) in [5.41, 5.74) is 5.00. The maximum Gasteiger partial charge on any atom is 0.152 e. The fraction of sp³-hybridized carbons (Fsp3) is 0.211. The molecule has 0 radical (unpaired) electrons. The van der Waals surface area contributed by atoms with Gasteiger partial charge in [0.2, 0.25) is 0 Å². The number of nitrogens with one attached hydrogen (secondary N) is 1. The molecule has 2 nitrogen and oxygen atoms in total. The second-order valence-electron chi connectivity index (χ2n) is 6.41. The average Bonchev–Trinajstić information content (AvgIpc) is 2.86. The van der Waals surface area contributed by atoms with E-state index in [-0.39, 0.29) is 5.41 Å². The van der Waals surface area contributed by atoms with Gasteiger partial charge in [-0.05, 0) is 23.3 Å². The summed E-state index contributed by atoms with van der Waals surface area (Å²) in [7, 11) is 0. The number of aldehydes is 1.